The van der Waals surface area contributed by atoms with Gasteiger partial charge in [0.15, 0.2) is 0 Å². The SMILES string of the molecule is Cc1cnc(NC2CCC(=O)N(C)C2=O)c(Br)c1. The van der Waals surface area contributed by atoms with Crippen molar-refractivity contribution in [1.29, 1.82) is 0 Å². The number of rotatable bonds is 2. The molecule has 1 N–H and O–H groups in total. The highest BCUT2D eigenvalue weighted by molar-refractivity contribution is 9.10. The van der Waals surface area contributed by atoms with Crippen molar-refractivity contribution in [3.05, 3.63) is 22.3 Å². The van der Waals surface area contributed by atoms with Crippen LogP contribution in [-0.2, 0) is 9.59 Å². The zero-order valence-corrected chi connectivity index (χ0v) is 11.8. The third kappa shape index (κ3) is 2.53. The number of carbonyl (C=O) groups is 2. The number of anilines is 1. The molecule has 1 unspecified atom stereocenters. The number of hydrogen-bond donors (Lipinski definition) is 1. The van der Waals surface area contributed by atoms with Gasteiger partial charge in [0, 0.05) is 19.7 Å². The van der Waals surface area contributed by atoms with Gasteiger partial charge in [0.1, 0.15) is 11.9 Å². The zero-order chi connectivity index (χ0) is 13.3. The van der Waals surface area contributed by atoms with Crippen molar-refractivity contribution in [2.45, 2.75) is 25.8 Å². The largest absolute Gasteiger partial charge is 0.357 e. The van der Waals surface area contributed by atoms with Gasteiger partial charge in [-0.2, -0.15) is 0 Å². The van der Waals surface area contributed by atoms with E-state index < -0.39 is 0 Å². The number of likely N-dealkylation sites (N-methyl/N-ethyl adjacent to an activating group) is 1. The number of likely N-dealkylation sites (tertiary alicyclic amines) is 1. The summed E-state index contributed by atoms with van der Waals surface area (Å²) in [7, 11) is 1.51. The van der Waals surface area contributed by atoms with Gasteiger partial charge in [-0.25, -0.2) is 4.98 Å². The number of aromatic nitrogens is 1. The molecule has 1 saturated heterocycles. The van der Waals surface area contributed by atoms with Crippen LogP contribution >= 0.6 is 15.9 Å². The molecule has 1 aromatic rings. The molecule has 0 spiro atoms. The van der Waals surface area contributed by atoms with Gasteiger partial charge in [0.05, 0.1) is 4.47 Å². The molecule has 1 atom stereocenters. The van der Waals surface area contributed by atoms with E-state index in [-0.39, 0.29) is 17.9 Å². The number of aryl methyl sites for hydroxylation is 1. The lowest BCUT2D eigenvalue weighted by Crippen LogP contribution is -2.48. The van der Waals surface area contributed by atoms with E-state index in [9.17, 15) is 9.59 Å². The summed E-state index contributed by atoms with van der Waals surface area (Å²) in [6.07, 6.45) is 2.61. The lowest BCUT2D eigenvalue weighted by atomic mass is 10.0. The Bertz CT molecular complexity index is 504. The van der Waals surface area contributed by atoms with Crippen LogP contribution in [0.2, 0.25) is 0 Å². The fourth-order valence-corrected chi connectivity index (χ4v) is 2.43. The number of piperidine rings is 1. The second kappa shape index (κ2) is 5.06. The van der Waals surface area contributed by atoms with E-state index in [1.165, 1.54) is 11.9 Å². The van der Waals surface area contributed by atoms with Crippen LogP contribution in [0.1, 0.15) is 18.4 Å². The summed E-state index contributed by atoms with van der Waals surface area (Å²) >= 11 is 3.40. The minimum Gasteiger partial charge on any atom is -0.357 e. The zero-order valence-electron chi connectivity index (χ0n) is 10.2. The van der Waals surface area contributed by atoms with Gasteiger partial charge in [0.25, 0.3) is 5.91 Å². The van der Waals surface area contributed by atoms with E-state index in [1.54, 1.807) is 6.20 Å². The van der Waals surface area contributed by atoms with Crippen LogP contribution in [0.3, 0.4) is 0 Å². The minimum absolute atomic E-state index is 0.131. The molecule has 1 fully saturated rings. The van der Waals surface area contributed by atoms with Crippen molar-refractivity contribution in [2.75, 3.05) is 12.4 Å². The molecule has 0 aromatic carbocycles. The first-order chi connectivity index (χ1) is 8.49. The van der Waals surface area contributed by atoms with Crippen molar-refractivity contribution in [3.63, 3.8) is 0 Å². The van der Waals surface area contributed by atoms with Crippen molar-refractivity contribution in [3.8, 4) is 0 Å². The third-order valence-corrected chi connectivity index (χ3v) is 3.54. The first kappa shape index (κ1) is 13.0. The molecule has 96 valence electrons. The van der Waals surface area contributed by atoms with E-state index in [0.717, 1.165) is 10.0 Å². The number of pyridine rings is 1. The Hall–Kier alpha value is -1.43. The van der Waals surface area contributed by atoms with Crippen LogP contribution in [0, 0.1) is 6.92 Å². The van der Waals surface area contributed by atoms with E-state index in [0.29, 0.717) is 18.7 Å². The Morgan fingerprint density at radius 3 is 2.89 bits per heavy atom. The highest BCUT2D eigenvalue weighted by Crippen LogP contribution is 2.23. The molecular formula is C12H14BrN3O2. The number of amides is 2. The summed E-state index contributed by atoms with van der Waals surface area (Å²) in [6, 6.07) is 1.54. The summed E-state index contributed by atoms with van der Waals surface area (Å²) in [4.78, 5) is 28.7. The first-order valence-corrected chi connectivity index (χ1v) is 6.47. The predicted molar refractivity (Wildman–Crippen MR) is 71.1 cm³/mol. The Morgan fingerprint density at radius 1 is 1.50 bits per heavy atom. The van der Waals surface area contributed by atoms with Crippen molar-refractivity contribution in [2.24, 2.45) is 0 Å². The van der Waals surface area contributed by atoms with E-state index >= 15 is 0 Å². The molecule has 0 saturated carbocycles. The van der Waals surface area contributed by atoms with Gasteiger partial charge in [-0.3, -0.25) is 14.5 Å². The molecule has 0 aliphatic carbocycles. The topological polar surface area (TPSA) is 62.3 Å². The van der Waals surface area contributed by atoms with Crippen molar-refractivity contribution in [1.82, 2.24) is 9.88 Å². The Balaban J connectivity index is 2.14. The highest BCUT2D eigenvalue weighted by Gasteiger charge is 2.32. The number of carbonyl (C=O) groups excluding carboxylic acids is 2. The maximum atomic E-state index is 11.9. The number of nitrogens with one attached hydrogen (secondary N) is 1. The molecule has 6 heteroatoms. The van der Waals surface area contributed by atoms with E-state index in [1.807, 2.05) is 13.0 Å². The van der Waals surface area contributed by atoms with Crippen LogP contribution in [-0.4, -0.2) is 34.8 Å². The summed E-state index contributed by atoms with van der Waals surface area (Å²) < 4.78 is 0.815. The lowest BCUT2D eigenvalue weighted by molar-refractivity contribution is -0.146. The lowest BCUT2D eigenvalue weighted by Gasteiger charge is -2.28. The molecule has 2 rings (SSSR count). The molecule has 18 heavy (non-hydrogen) atoms. The Morgan fingerprint density at radius 2 is 2.22 bits per heavy atom. The van der Waals surface area contributed by atoms with Crippen molar-refractivity contribution < 1.29 is 9.59 Å². The molecule has 1 aliphatic heterocycles. The predicted octanol–water partition coefficient (Wildman–Crippen LogP) is 1.71. The van der Waals surface area contributed by atoms with Gasteiger partial charge < -0.3 is 5.32 Å². The minimum atomic E-state index is -0.390. The van der Waals surface area contributed by atoms with E-state index in [2.05, 4.69) is 26.2 Å². The second-order valence-corrected chi connectivity index (χ2v) is 5.22. The number of imide groups is 1. The van der Waals surface area contributed by atoms with Crippen LogP contribution in [0.25, 0.3) is 0 Å². The number of hydrogen-bond acceptors (Lipinski definition) is 4. The molecule has 1 aliphatic rings. The molecular weight excluding hydrogens is 298 g/mol. The smallest absolute Gasteiger partial charge is 0.251 e. The fraction of sp³-hybridized carbons (Fsp3) is 0.417. The number of halogens is 1. The summed E-state index contributed by atoms with van der Waals surface area (Å²) in [5.74, 6) is 0.288. The van der Waals surface area contributed by atoms with E-state index in [4.69, 9.17) is 0 Å². The first-order valence-electron chi connectivity index (χ1n) is 5.68. The molecule has 0 radical (unpaired) electrons. The molecule has 1 aromatic heterocycles. The van der Waals surface area contributed by atoms with Crippen LogP contribution in [0.15, 0.2) is 16.7 Å². The third-order valence-electron chi connectivity index (χ3n) is 2.94. The van der Waals surface area contributed by atoms with Gasteiger partial charge in [-0.1, -0.05) is 0 Å². The standard InChI is InChI=1S/C12H14BrN3O2/c1-7-5-8(13)11(14-6-7)15-9-3-4-10(17)16(2)12(9)18/h5-6,9H,3-4H2,1-2H3,(H,14,15). The summed E-state index contributed by atoms with van der Waals surface area (Å²) in [5, 5.41) is 3.08. The molecule has 2 heterocycles. The molecule has 5 nitrogen and oxygen atoms in total. The Kier molecular flexibility index (Phi) is 3.65. The summed E-state index contributed by atoms with van der Waals surface area (Å²) in [5.41, 5.74) is 1.04. The van der Waals surface area contributed by atoms with Crippen LogP contribution in [0.5, 0.6) is 0 Å². The Labute approximate surface area is 114 Å². The number of nitrogens with zero attached hydrogens (tertiary/aromatic N) is 2. The maximum absolute atomic E-state index is 11.9. The monoisotopic (exact) mass is 311 g/mol. The molecule has 2 amide bonds. The normalized spacial score (nSPS) is 20.2. The summed E-state index contributed by atoms with van der Waals surface area (Å²) in [6.45, 7) is 1.94. The van der Waals surface area contributed by atoms with Gasteiger partial charge in [-0.05, 0) is 40.9 Å². The van der Waals surface area contributed by atoms with Gasteiger partial charge in [0.2, 0.25) is 5.91 Å². The van der Waals surface area contributed by atoms with Crippen LogP contribution < -0.4 is 5.32 Å². The second-order valence-electron chi connectivity index (χ2n) is 4.37. The average molecular weight is 312 g/mol. The van der Waals surface area contributed by atoms with Crippen molar-refractivity contribution >= 4 is 33.6 Å². The quantitative estimate of drug-likeness (QED) is 0.845. The van der Waals surface area contributed by atoms with Gasteiger partial charge >= 0.3 is 0 Å². The fourth-order valence-electron chi connectivity index (χ4n) is 1.85. The maximum Gasteiger partial charge on any atom is 0.251 e. The highest BCUT2D eigenvalue weighted by atomic mass is 79.9. The van der Waals surface area contributed by atoms with Gasteiger partial charge in [-0.15, -0.1) is 0 Å². The molecule has 0 bridgehead atoms. The van der Waals surface area contributed by atoms with Crippen LogP contribution in [0.4, 0.5) is 5.82 Å². The average Bonchev–Trinajstić information content (AvgIpc) is 2.33.